The number of hydrogen-bond donors (Lipinski definition) is 1. The van der Waals surface area contributed by atoms with E-state index in [0.29, 0.717) is 24.6 Å². The van der Waals surface area contributed by atoms with Gasteiger partial charge in [-0.25, -0.2) is 13.1 Å². The maximum atomic E-state index is 13.0. The maximum absolute atomic E-state index is 13.0. The van der Waals surface area contributed by atoms with Gasteiger partial charge >= 0.3 is 0 Å². The molecule has 27 heavy (non-hydrogen) atoms. The van der Waals surface area contributed by atoms with Gasteiger partial charge in [0.1, 0.15) is 5.75 Å². The Hall–Kier alpha value is -1.60. The average Bonchev–Trinajstić information content (AvgIpc) is 3.14. The summed E-state index contributed by atoms with van der Waals surface area (Å²) in [7, 11) is -3.20. The second-order valence-corrected chi connectivity index (χ2v) is 9.49. The number of piperidine rings is 1. The van der Waals surface area contributed by atoms with E-state index in [0.717, 1.165) is 50.7 Å². The zero-order chi connectivity index (χ0) is 19.3. The van der Waals surface area contributed by atoms with Crippen LogP contribution in [0.1, 0.15) is 61.7 Å². The lowest BCUT2D eigenvalue weighted by Crippen LogP contribution is -2.45. The van der Waals surface area contributed by atoms with Crippen LogP contribution in [0.4, 0.5) is 0 Å². The van der Waals surface area contributed by atoms with Gasteiger partial charge in [0.25, 0.3) is 5.91 Å². The van der Waals surface area contributed by atoms with E-state index in [2.05, 4.69) is 4.72 Å². The highest BCUT2D eigenvalue weighted by molar-refractivity contribution is 7.88. The number of hydrogen-bond acceptors (Lipinski definition) is 4. The number of ether oxygens (including phenoxy) is 1. The summed E-state index contributed by atoms with van der Waals surface area (Å²) >= 11 is 0. The molecule has 6 nitrogen and oxygen atoms in total. The standard InChI is InChI=1S/C20H30N2O4S/c1-27(24,25)21-14-13-17-6-4-5-15-22(17)20(23)16-9-11-19(12-10-16)26-18-7-2-3-8-18/h9-12,17-18,21H,2-8,13-15H2,1H3. The average molecular weight is 395 g/mol. The van der Waals surface area contributed by atoms with Gasteiger partial charge < -0.3 is 9.64 Å². The van der Waals surface area contributed by atoms with Gasteiger partial charge in [0.2, 0.25) is 10.0 Å². The molecule has 1 aliphatic heterocycles. The molecule has 1 aromatic rings. The second-order valence-electron chi connectivity index (χ2n) is 7.65. The van der Waals surface area contributed by atoms with E-state index in [4.69, 9.17) is 4.74 Å². The van der Waals surface area contributed by atoms with Crippen LogP contribution in [0.2, 0.25) is 0 Å². The third kappa shape index (κ3) is 5.94. The minimum absolute atomic E-state index is 0.0199. The first-order valence-corrected chi connectivity index (χ1v) is 11.8. The summed E-state index contributed by atoms with van der Waals surface area (Å²) in [6.07, 6.45) is 9.76. The summed E-state index contributed by atoms with van der Waals surface area (Å²) in [5.41, 5.74) is 0.664. The van der Waals surface area contributed by atoms with E-state index in [1.807, 2.05) is 29.2 Å². The molecule has 150 valence electrons. The Balaban J connectivity index is 1.59. The predicted octanol–water partition coefficient (Wildman–Crippen LogP) is 2.94. The highest BCUT2D eigenvalue weighted by atomic mass is 32.2. The number of sulfonamides is 1. The molecule has 1 aromatic carbocycles. The molecule has 1 heterocycles. The van der Waals surface area contributed by atoms with Gasteiger partial charge in [0.05, 0.1) is 12.4 Å². The summed E-state index contributed by atoms with van der Waals surface area (Å²) in [5.74, 6) is 0.845. The van der Waals surface area contributed by atoms with Crippen LogP contribution in [-0.2, 0) is 10.0 Å². The Morgan fingerprint density at radius 1 is 1.11 bits per heavy atom. The molecule has 1 unspecified atom stereocenters. The summed E-state index contributed by atoms with van der Waals surface area (Å²) < 4.78 is 31.0. The molecule has 1 saturated carbocycles. The minimum atomic E-state index is -3.20. The van der Waals surface area contributed by atoms with Crippen LogP contribution in [0.3, 0.4) is 0 Å². The Morgan fingerprint density at radius 2 is 1.78 bits per heavy atom. The van der Waals surface area contributed by atoms with Crippen molar-refractivity contribution in [3.63, 3.8) is 0 Å². The second kappa shape index (κ2) is 9.06. The summed E-state index contributed by atoms with van der Waals surface area (Å²) in [6.45, 7) is 1.09. The fourth-order valence-electron chi connectivity index (χ4n) is 4.02. The van der Waals surface area contributed by atoms with Crippen molar-refractivity contribution in [1.82, 2.24) is 9.62 Å². The first kappa shape index (κ1) is 20.1. The molecule has 1 atom stereocenters. The van der Waals surface area contributed by atoms with Crippen molar-refractivity contribution in [2.24, 2.45) is 0 Å². The lowest BCUT2D eigenvalue weighted by molar-refractivity contribution is 0.0604. The van der Waals surface area contributed by atoms with E-state index in [1.165, 1.54) is 12.8 Å². The van der Waals surface area contributed by atoms with Gasteiger partial charge in [0, 0.05) is 24.7 Å². The molecule has 1 aliphatic carbocycles. The van der Waals surface area contributed by atoms with Crippen LogP contribution >= 0.6 is 0 Å². The van der Waals surface area contributed by atoms with Crippen LogP contribution < -0.4 is 9.46 Å². The van der Waals surface area contributed by atoms with Gasteiger partial charge in [0.15, 0.2) is 0 Å². The third-order valence-corrected chi connectivity index (χ3v) is 6.16. The zero-order valence-corrected chi connectivity index (χ0v) is 16.8. The van der Waals surface area contributed by atoms with Crippen molar-refractivity contribution in [1.29, 1.82) is 0 Å². The molecule has 1 saturated heterocycles. The van der Waals surface area contributed by atoms with E-state index in [-0.39, 0.29) is 11.9 Å². The van der Waals surface area contributed by atoms with Crippen LogP contribution in [0.15, 0.2) is 24.3 Å². The monoisotopic (exact) mass is 394 g/mol. The van der Waals surface area contributed by atoms with Crippen molar-refractivity contribution in [3.8, 4) is 5.75 Å². The van der Waals surface area contributed by atoms with Crippen LogP contribution in [-0.4, -0.2) is 50.7 Å². The summed E-state index contributed by atoms with van der Waals surface area (Å²) in [5, 5.41) is 0. The van der Waals surface area contributed by atoms with Crippen LogP contribution in [0, 0.1) is 0 Å². The number of nitrogens with zero attached hydrogens (tertiary/aromatic N) is 1. The Morgan fingerprint density at radius 3 is 2.44 bits per heavy atom. The topological polar surface area (TPSA) is 75.7 Å². The molecule has 2 aliphatic rings. The quantitative estimate of drug-likeness (QED) is 0.771. The number of carbonyl (C=O) groups excluding carboxylic acids is 1. The van der Waals surface area contributed by atoms with Gasteiger partial charge in [-0.05, 0) is 75.6 Å². The van der Waals surface area contributed by atoms with Crippen LogP contribution in [0.25, 0.3) is 0 Å². The van der Waals surface area contributed by atoms with Crippen molar-refractivity contribution < 1.29 is 17.9 Å². The van der Waals surface area contributed by atoms with Crippen molar-refractivity contribution >= 4 is 15.9 Å². The van der Waals surface area contributed by atoms with Gasteiger partial charge in [-0.2, -0.15) is 0 Å². The highest BCUT2D eigenvalue weighted by Crippen LogP contribution is 2.26. The lowest BCUT2D eigenvalue weighted by Gasteiger charge is -2.36. The normalized spacial score (nSPS) is 21.4. The smallest absolute Gasteiger partial charge is 0.254 e. The molecule has 0 radical (unpaired) electrons. The molecule has 1 amide bonds. The highest BCUT2D eigenvalue weighted by Gasteiger charge is 2.27. The molecule has 2 fully saturated rings. The molecule has 1 N–H and O–H groups in total. The first-order chi connectivity index (χ1) is 12.9. The molecule has 7 heteroatoms. The van der Waals surface area contributed by atoms with Gasteiger partial charge in [-0.3, -0.25) is 4.79 Å². The fourth-order valence-corrected chi connectivity index (χ4v) is 4.51. The molecule has 0 spiro atoms. The molecule has 0 aromatic heterocycles. The van der Waals surface area contributed by atoms with Crippen LogP contribution in [0.5, 0.6) is 5.75 Å². The number of nitrogens with one attached hydrogen (secondary N) is 1. The Bertz CT molecular complexity index is 727. The summed E-state index contributed by atoms with van der Waals surface area (Å²) in [4.78, 5) is 14.9. The Kier molecular flexibility index (Phi) is 6.76. The largest absolute Gasteiger partial charge is 0.490 e. The van der Waals surface area contributed by atoms with E-state index in [9.17, 15) is 13.2 Å². The molecule has 0 bridgehead atoms. The maximum Gasteiger partial charge on any atom is 0.254 e. The summed E-state index contributed by atoms with van der Waals surface area (Å²) in [6, 6.07) is 7.53. The van der Waals surface area contributed by atoms with E-state index < -0.39 is 10.0 Å². The number of carbonyl (C=O) groups is 1. The number of benzene rings is 1. The van der Waals surface area contributed by atoms with Crippen molar-refractivity contribution in [2.75, 3.05) is 19.3 Å². The zero-order valence-electron chi connectivity index (χ0n) is 16.0. The SMILES string of the molecule is CS(=O)(=O)NCCC1CCCCN1C(=O)c1ccc(OC2CCCC2)cc1. The molecular weight excluding hydrogens is 364 g/mol. The fraction of sp³-hybridized carbons (Fsp3) is 0.650. The minimum Gasteiger partial charge on any atom is -0.490 e. The lowest BCUT2D eigenvalue weighted by atomic mass is 9.98. The molecule has 3 rings (SSSR count). The van der Waals surface area contributed by atoms with E-state index >= 15 is 0 Å². The van der Waals surface area contributed by atoms with E-state index in [1.54, 1.807) is 0 Å². The predicted molar refractivity (Wildman–Crippen MR) is 105 cm³/mol. The first-order valence-electron chi connectivity index (χ1n) is 9.95. The van der Waals surface area contributed by atoms with Crippen molar-refractivity contribution in [2.45, 2.75) is 63.5 Å². The molecular formula is C20H30N2O4S. The van der Waals surface area contributed by atoms with Gasteiger partial charge in [-0.1, -0.05) is 0 Å². The number of amides is 1. The number of likely N-dealkylation sites (tertiary alicyclic amines) is 1. The Labute approximate surface area is 162 Å². The third-order valence-electron chi connectivity index (χ3n) is 5.44. The number of rotatable bonds is 7. The van der Waals surface area contributed by atoms with Gasteiger partial charge in [-0.15, -0.1) is 0 Å². The van der Waals surface area contributed by atoms with Crippen molar-refractivity contribution in [3.05, 3.63) is 29.8 Å².